The van der Waals surface area contributed by atoms with E-state index in [0.29, 0.717) is 19.5 Å². The molecule has 5 nitrogen and oxygen atoms in total. The summed E-state index contributed by atoms with van der Waals surface area (Å²) in [5.41, 5.74) is 0.280. The van der Waals surface area contributed by atoms with Crippen LogP contribution >= 0.6 is 0 Å². The fraction of sp³-hybridized carbons (Fsp3) is 0.867. The summed E-state index contributed by atoms with van der Waals surface area (Å²) in [4.78, 5) is 25.3. The van der Waals surface area contributed by atoms with Crippen LogP contribution < -0.4 is 10.6 Å². The lowest BCUT2D eigenvalue weighted by Gasteiger charge is -2.19. The van der Waals surface area contributed by atoms with Crippen molar-refractivity contribution in [2.24, 2.45) is 5.41 Å². The first-order chi connectivity index (χ1) is 9.31. The van der Waals surface area contributed by atoms with Gasteiger partial charge in [0.05, 0.1) is 0 Å². The van der Waals surface area contributed by atoms with Crippen LogP contribution in [0, 0.1) is 5.41 Å². The molecular weight excluding hydrogens is 254 g/mol. The Morgan fingerprint density at radius 3 is 2.60 bits per heavy atom. The highest BCUT2D eigenvalue weighted by Gasteiger charge is 2.26. The van der Waals surface area contributed by atoms with E-state index < -0.39 is 0 Å². The summed E-state index contributed by atoms with van der Waals surface area (Å²) in [6.45, 7) is 10.4. The van der Waals surface area contributed by atoms with Crippen molar-refractivity contribution in [2.45, 2.75) is 59.4 Å². The molecule has 116 valence electrons. The molecule has 0 aromatic rings. The summed E-state index contributed by atoms with van der Waals surface area (Å²) in [5.74, 6) is 0.108. The molecule has 5 heteroatoms. The van der Waals surface area contributed by atoms with Crippen LogP contribution in [0.4, 0.5) is 4.79 Å². The molecule has 0 aromatic carbocycles. The number of rotatable bonds is 5. The van der Waals surface area contributed by atoms with Crippen LogP contribution in [0.1, 0.15) is 53.4 Å². The summed E-state index contributed by atoms with van der Waals surface area (Å²) >= 11 is 0. The molecular formula is C15H29N3O2. The molecule has 1 fully saturated rings. The highest BCUT2D eigenvalue weighted by Crippen LogP contribution is 2.21. The molecule has 0 saturated carbocycles. The number of likely N-dealkylation sites (tertiary alicyclic amines) is 1. The molecule has 20 heavy (non-hydrogen) atoms. The lowest BCUT2D eigenvalue weighted by atomic mass is 9.90. The Hall–Kier alpha value is -1.26. The Labute approximate surface area is 122 Å². The Morgan fingerprint density at radius 1 is 1.30 bits per heavy atom. The lowest BCUT2D eigenvalue weighted by molar-refractivity contribution is -0.121. The predicted octanol–water partition coefficient (Wildman–Crippen LogP) is 2.12. The van der Waals surface area contributed by atoms with E-state index in [1.165, 1.54) is 0 Å². The van der Waals surface area contributed by atoms with Crippen LogP contribution in [0.25, 0.3) is 0 Å². The van der Waals surface area contributed by atoms with Gasteiger partial charge in [0.15, 0.2) is 0 Å². The first-order valence-corrected chi connectivity index (χ1v) is 7.64. The molecule has 0 aliphatic carbocycles. The molecule has 1 atom stereocenters. The van der Waals surface area contributed by atoms with E-state index in [2.05, 4.69) is 31.4 Å². The molecule has 3 amide bonds. The standard InChI is InChI=1S/C15H29N3O2/c1-5-16-14(20)18-10-8-12(11-18)17-13(19)7-6-9-15(2,3)4/h12H,5-11H2,1-4H3,(H,16,20)(H,17,19)/t12-/m1/s1. The zero-order valence-corrected chi connectivity index (χ0v) is 13.3. The van der Waals surface area contributed by atoms with Crippen molar-refractivity contribution in [3.8, 4) is 0 Å². The average molecular weight is 283 g/mol. The number of nitrogens with zero attached hydrogens (tertiary/aromatic N) is 1. The minimum Gasteiger partial charge on any atom is -0.352 e. The van der Waals surface area contributed by atoms with E-state index in [9.17, 15) is 9.59 Å². The van der Waals surface area contributed by atoms with Gasteiger partial charge < -0.3 is 15.5 Å². The van der Waals surface area contributed by atoms with Crippen LogP contribution in [-0.2, 0) is 4.79 Å². The molecule has 1 aliphatic heterocycles. The number of amides is 3. The number of nitrogens with one attached hydrogen (secondary N) is 2. The average Bonchev–Trinajstić information content (AvgIpc) is 2.76. The highest BCUT2D eigenvalue weighted by atomic mass is 16.2. The third kappa shape index (κ3) is 6.26. The minimum absolute atomic E-state index is 0.0306. The van der Waals surface area contributed by atoms with Crippen molar-refractivity contribution in [3.63, 3.8) is 0 Å². The summed E-state index contributed by atoms with van der Waals surface area (Å²) in [7, 11) is 0. The van der Waals surface area contributed by atoms with Crippen LogP contribution in [0.2, 0.25) is 0 Å². The van der Waals surface area contributed by atoms with Crippen molar-refractivity contribution >= 4 is 11.9 Å². The van der Waals surface area contributed by atoms with Crippen LogP contribution in [0.3, 0.4) is 0 Å². The van der Waals surface area contributed by atoms with Gasteiger partial charge in [0.25, 0.3) is 0 Å². The molecule has 1 rings (SSSR count). The van der Waals surface area contributed by atoms with Crippen LogP contribution in [-0.4, -0.2) is 42.5 Å². The maximum atomic E-state index is 11.9. The summed E-state index contributed by atoms with van der Waals surface area (Å²) < 4.78 is 0. The van der Waals surface area contributed by atoms with E-state index in [0.717, 1.165) is 25.8 Å². The Morgan fingerprint density at radius 2 is 2.00 bits per heavy atom. The number of carbonyl (C=O) groups is 2. The minimum atomic E-state index is -0.0306. The number of hydrogen-bond donors (Lipinski definition) is 2. The van der Waals surface area contributed by atoms with Crippen molar-refractivity contribution in [3.05, 3.63) is 0 Å². The molecule has 0 bridgehead atoms. The molecule has 1 saturated heterocycles. The first-order valence-electron chi connectivity index (χ1n) is 7.64. The van der Waals surface area contributed by atoms with Gasteiger partial charge in [-0.25, -0.2) is 4.79 Å². The van der Waals surface area contributed by atoms with E-state index in [1.807, 2.05) is 6.92 Å². The number of hydrogen-bond acceptors (Lipinski definition) is 2. The molecule has 0 radical (unpaired) electrons. The van der Waals surface area contributed by atoms with Gasteiger partial charge in [0, 0.05) is 32.1 Å². The van der Waals surface area contributed by atoms with Crippen molar-refractivity contribution in [2.75, 3.05) is 19.6 Å². The monoisotopic (exact) mass is 283 g/mol. The molecule has 1 heterocycles. The van der Waals surface area contributed by atoms with Gasteiger partial charge in [0.1, 0.15) is 0 Å². The zero-order chi connectivity index (χ0) is 15.2. The number of carbonyl (C=O) groups excluding carboxylic acids is 2. The predicted molar refractivity (Wildman–Crippen MR) is 80.5 cm³/mol. The third-order valence-electron chi connectivity index (χ3n) is 3.50. The fourth-order valence-corrected chi connectivity index (χ4v) is 2.40. The molecule has 0 aromatic heterocycles. The van der Waals surface area contributed by atoms with E-state index in [4.69, 9.17) is 0 Å². The Bertz CT molecular complexity index is 337. The Balaban J connectivity index is 2.22. The molecule has 0 unspecified atom stereocenters. The second-order valence-corrected chi connectivity index (χ2v) is 6.75. The van der Waals surface area contributed by atoms with Crippen molar-refractivity contribution < 1.29 is 9.59 Å². The largest absolute Gasteiger partial charge is 0.352 e. The maximum Gasteiger partial charge on any atom is 0.317 e. The summed E-state index contributed by atoms with van der Waals surface area (Å²) in [5, 5.41) is 5.82. The maximum absolute atomic E-state index is 11.9. The van der Waals surface area contributed by atoms with Gasteiger partial charge in [0.2, 0.25) is 5.91 Å². The SMILES string of the molecule is CCNC(=O)N1CC[C@@H](NC(=O)CCCC(C)(C)C)C1. The van der Waals surface area contributed by atoms with E-state index >= 15 is 0 Å². The van der Waals surface area contributed by atoms with Crippen LogP contribution in [0.15, 0.2) is 0 Å². The molecule has 0 spiro atoms. The van der Waals surface area contributed by atoms with Gasteiger partial charge in [-0.2, -0.15) is 0 Å². The fourth-order valence-electron chi connectivity index (χ4n) is 2.40. The second-order valence-electron chi connectivity index (χ2n) is 6.75. The van der Waals surface area contributed by atoms with Crippen LogP contribution in [0.5, 0.6) is 0 Å². The van der Waals surface area contributed by atoms with Crippen molar-refractivity contribution in [1.29, 1.82) is 0 Å². The third-order valence-corrected chi connectivity index (χ3v) is 3.50. The zero-order valence-electron chi connectivity index (χ0n) is 13.3. The molecule has 1 aliphatic rings. The van der Waals surface area contributed by atoms with Gasteiger partial charge >= 0.3 is 6.03 Å². The summed E-state index contributed by atoms with van der Waals surface area (Å²) in [6.07, 6.45) is 3.40. The van der Waals surface area contributed by atoms with Crippen molar-refractivity contribution in [1.82, 2.24) is 15.5 Å². The van der Waals surface area contributed by atoms with Gasteiger partial charge in [-0.3, -0.25) is 4.79 Å². The first kappa shape index (κ1) is 16.8. The van der Waals surface area contributed by atoms with Gasteiger partial charge in [-0.05, 0) is 31.6 Å². The quantitative estimate of drug-likeness (QED) is 0.812. The Kier molecular flexibility index (Phi) is 6.30. The van der Waals surface area contributed by atoms with E-state index in [1.54, 1.807) is 4.90 Å². The van der Waals surface area contributed by atoms with E-state index in [-0.39, 0.29) is 23.4 Å². The molecule has 2 N–H and O–H groups in total. The topological polar surface area (TPSA) is 61.4 Å². The van der Waals surface area contributed by atoms with Gasteiger partial charge in [-0.1, -0.05) is 20.8 Å². The number of urea groups is 1. The smallest absolute Gasteiger partial charge is 0.317 e. The van der Waals surface area contributed by atoms with Gasteiger partial charge in [-0.15, -0.1) is 0 Å². The lowest BCUT2D eigenvalue weighted by Crippen LogP contribution is -2.42. The highest BCUT2D eigenvalue weighted by molar-refractivity contribution is 5.77. The second kappa shape index (κ2) is 7.50. The summed E-state index contributed by atoms with van der Waals surface area (Å²) in [6, 6.07) is 0.0803. The normalized spacial score (nSPS) is 19.0.